The second kappa shape index (κ2) is 5.54. The van der Waals surface area contributed by atoms with Crippen molar-refractivity contribution in [2.24, 2.45) is 0 Å². The van der Waals surface area contributed by atoms with Gasteiger partial charge in [0.2, 0.25) is 0 Å². The maximum atomic E-state index is 12.1. The largest absolute Gasteiger partial charge is 0.507 e. The highest BCUT2D eigenvalue weighted by molar-refractivity contribution is 6.08. The van der Waals surface area contributed by atoms with E-state index in [1.54, 1.807) is 12.1 Å². The van der Waals surface area contributed by atoms with Crippen LogP contribution in [0.2, 0.25) is 0 Å². The maximum absolute atomic E-state index is 12.1. The van der Waals surface area contributed by atoms with Gasteiger partial charge in [-0.15, -0.1) is 0 Å². The molecule has 0 atom stereocenters. The molecule has 2 aromatic rings. The molecule has 0 fully saturated rings. The Morgan fingerprint density at radius 2 is 1.89 bits per heavy atom. The topological polar surface area (TPSA) is 49.3 Å². The molecule has 2 rings (SSSR count). The smallest absolute Gasteiger partial charge is 0.251 e. The lowest BCUT2D eigenvalue weighted by atomic mass is 10.0. The van der Waals surface area contributed by atoms with Gasteiger partial charge >= 0.3 is 0 Å². The number of carbonyl (C=O) groups is 1. The van der Waals surface area contributed by atoms with Gasteiger partial charge < -0.3 is 10.4 Å². The van der Waals surface area contributed by atoms with E-state index < -0.39 is 0 Å². The van der Waals surface area contributed by atoms with Gasteiger partial charge in [0.05, 0.1) is 0 Å². The average molecular weight is 243 g/mol. The Kier molecular flexibility index (Phi) is 3.82. The molecule has 18 heavy (non-hydrogen) atoms. The summed E-state index contributed by atoms with van der Waals surface area (Å²) < 4.78 is 0. The third kappa shape index (κ3) is 2.45. The molecule has 0 radical (unpaired) electrons. The highest BCUT2D eigenvalue weighted by Gasteiger charge is 2.11. The van der Waals surface area contributed by atoms with Gasteiger partial charge in [0.15, 0.2) is 0 Å². The molecule has 2 aromatic carbocycles. The molecule has 0 aliphatic heterocycles. The molecule has 0 aliphatic rings. The predicted molar refractivity (Wildman–Crippen MR) is 72.9 cm³/mol. The molecule has 94 valence electrons. The van der Waals surface area contributed by atoms with Crippen LogP contribution < -0.4 is 5.32 Å². The van der Waals surface area contributed by atoms with E-state index in [9.17, 15) is 9.90 Å². The number of benzene rings is 2. The number of unbranched alkanes of at least 4 members (excludes halogenated alkanes) is 1. The number of phenols is 1. The number of rotatable bonds is 4. The SMILES string of the molecule is CCCCNC(=O)c1ccc(O)c2ccccc12. The van der Waals surface area contributed by atoms with E-state index in [-0.39, 0.29) is 11.7 Å². The molecule has 1 amide bonds. The zero-order valence-corrected chi connectivity index (χ0v) is 10.4. The molecule has 0 aromatic heterocycles. The van der Waals surface area contributed by atoms with Crippen LogP contribution >= 0.6 is 0 Å². The van der Waals surface area contributed by atoms with Crippen molar-refractivity contribution in [2.45, 2.75) is 19.8 Å². The van der Waals surface area contributed by atoms with Gasteiger partial charge in [0.1, 0.15) is 5.75 Å². The van der Waals surface area contributed by atoms with Crippen molar-refractivity contribution in [1.29, 1.82) is 0 Å². The lowest BCUT2D eigenvalue weighted by Crippen LogP contribution is -2.24. The Labute approximate surface area is 106 Å². The minimum atomic E-state index is -0.0837. The van der Waals surface area contributed by atoms with E-state index >= 15 is 0 Å². The summed E-state index contributed by atoms with van der Waals surface area (Å²) in [5, 5.41) is 14.1. The number of hydrogen-bond acceptors (Lipinski definition) is 2. The van der Waals surface area contributed by atoms with E-state index in [1.165, 1.54) is 0 Å². The van der Waals surface area contributed by atoms with Gasteiger partial charge in [0, 0.05) is 17.5 Å². The van der Waals surface area contributed by atoms with Crippen LogP contribution in [0.4, 0.5) is 0 Å². The summed E-state index contributed by atoms with van der Waals surface area (Å²) in [6.07, 6.45) is 2.03. The molecule has 3 heteroatoms. The molecule has 0 saturated carbocycles. The molecule has 2 N–H and O–H groups in total. The Hall–Kier alpha value is -2.03. The second-order valence-corrected chi connectivity index (χ2v) is 4.29. The van der Waals surface area contributed by atoms with Crippen molar-refractivity contribution in [2.75, 3.05) is 6.54 Å². The van der Waals surface area contributed by atoms with Gasteiger partial charge in [-0.3, -0.25) is 4.79 Å². The number of phenolic OH excluding ortho intramolecular Hbond substituents is 1. The first-order valence-electron chi connectivity index (χ1n) is 6.23. The summed E-state index contributed by atoms with van der Waals surface area (Å²) in [5.41, 5.74) is 0.611. The highest BCUT2D eigenvalue weighted by atomic mass is 16.3. The Morgan fingerprint density at radius 1 is 1.17 bits per heavy atom. The van der Waals surface area contributed by atoms with E-state index in [1.807, 2.05) is 24.3 Å². The minimum Gasteiger partial charge on any atom is -0.507 e. The van der Waals surface area contributed by atoms with Gasteiger partial charge in [-0.05, 0) is 23.9 Å². The van der Waals surface area contributed by atoms with Crippen LogP contribution in [-0.4, -0.2) is 17.6 Å². The molecule has 0 heterocycles. The first-order chi connectivity index (χ1) is 8.74. The normalized spacial score (nSPS) is 10.5. The lowest BCUT2D eigenvalue weighted by Gasteiger charge is -2.08. The fourth-order valence-corrected chi connectivity index (χ4v) is 1.96. The number of amides is 1. The molecule has 0 aliphatic carbocycles. The predicted octanol–water partition coefficient (Wildman–Crippen LogP) is 3.08. The molecule has 0 spiro atoms. The minimum absolute atomic E-state index is 0.0837. The van der Waals surface area contributed by atoms with Crippen LogP contribution in [0.1, 0.15) is 30.1 Å². The lowest BCUT2D eigenvalue weighted by molar-refractivity contribution is 0.0955. The molecule has 0 saturated heterocycles. The first kappa shape index (κ1) is 12.4. The van der Waals surface area contributed by atoms with Crippen LogP contribution in [0.3, 0.4) is 0 Å². The summed E-state index contributed by atoms with van der Waals surface area (Å²) >= 11 is 0. The van der Waals surface area contributed by atoms with Gasteiger partial charge in [-0.25, -0.2) is 0 Å². The van der Waals surface area contributed by atoms with Gasteiger partial charge in [-0.1, -0.05) is 37.6 Å². The summed E-state index contributed by atoms with van der Waals surface area (Å²) in [5.74, 6) is 0.121. The quantitative estimate of drug-likeness (QED) is 0.811. The van der Waals surface area contributed by atoms with Crippen molar-refractivity contribution < 1.29 is 9.90 Å². The van der Waals surface area contributed by atoms with Crippen LogP contribution in [0.5, 0.6) is 5.75 Å². The van der Waals surface area contributed by atoms with Crippen molar-refractivity contribution in [3.05, 3.63) is 42.0 Å². The highest BCUT2D eigenvalue weighted by Crippen LogP contribution is 2.27. The summed E-state index contributed by atoms with van der Waals surface area (Å²) in [6.45, 7) is 2.77. The molecular weight excluding hydrogens is 226 g/mol. The standard InChI is InChI=1S/C15H17NO2/c1-2-3-10-16-15(18)13-8-9-14(17)12-7-5-4-6-11(12)13/h4-9,17H,2-3,10H2,1H3,(H,16,18). The number of hydrogen-bond donors (Lipinski definition) is 2. The summed E-state index contributed by atoms with van der Waals surface area (Å²) in [7, 11) is 0. The third-order valence-corrected chi connectivity index (χ3v) is 2.96. The Bertz CT molecular complexity index is 563. The number of fused-ring (bicyclic) bond motifs is 1. The fraction of sp³-hybridized carbons (Fsp3) is 0.267. The van der Waals surface area contributed by atoms with Crippen LogP contribution in [0.25, 0.3) is 10.8 Å². The first-order valence-corrected chi connectivity index (χ1v) is 6.23. The number of aromatic hydroxyl groups is 1. The van der Waals surface area contributed by atoms with Crippen LogP contribution in [0, 0.1) is 0 Å². The molecule has 0 unspecified atom stereocenters. The van der Waals surface area contributed by atoms with Crippen LogP contribution in [0.15, 0.2) is 36.4 Å². The summed E-state index contributed by atoms with van der Waals surface area (Å²) in [4.78, 5) is 12.1. The van der Waals surface area contributed by atoms with Crippen LogP contribution in [-0.2, 0) is 0 Å². The Balaban J connectivity index is 2.33. The van der Waals surface area contributed by atoms with E-state index in [0.717, 1.165) is 18.2 Å². The van der Waals surface area contributed by atoms with Crippen molar-refractivity contribution >= 4 is 16.7 Å². The molecular formula is C15H17NO2. The monoisotopic (exact) mass is 243 g/mol. The number of carbonyl (C=O) groups excluding carboxylic acids is 1. The molecule has 3 nitrogen and oxygen atoms in total. The molecule has 0 bridgehead atoms. The van der Waals surface area contributed by atoms with Crippen molar-refractivity contribution in [3.63, 3.8) is 0 Å². The van der Waals surface area contributed by atoms with Gasteiger partial charge in [0.25, 0.3) is 5.91 Å². The Morgan fingerprint density at radius 3 is 2.61 bits per heavy atom. The number of nitrogens with one attached hydrogen (secondary N) is 1. The third-order valence-electron chi connectivity index (χ3n) is 2.96. The van der Waals surface area contributed by atoms with E-state index in [0.29, 0.717) is 17.5 Å². The van der Waals surface area contributed by atoms with E-state index in [2.05, 4.69) is 12.2 Å². The summed E-state index contributed by atoms with van der Waals surface area (Å²) in [6, 6.07) is 10.6. The van der Waals surface area contributed by atoms with Crippen molar-refractivity contribution in [1.82, 2.24) is 5.32 Å². The zero-order valence-electron chi connectivity index (χ0n) is 10.4. The van der Waals surface area contributed by atoms with Gasteiger partial charge in [-0.2, -0.15) is 0 Å². The van der Waals surface area contributed by atoms with Crippen molar-refractivity contribution in [3.8, 4) is 5.75 Å². The maximum Gasteiger partial charge on any atom is 0.251 e. The van der Waals surface area contributed by atoms with E-state index in [4.69, 9.17) is 0 Å². The zero-order chi connectivity index (χ0) is 13.0. The average Bonchev–Trinajstić information content (AvgIpc) is 2.39. The fourth-order valence-electron chi connectivity index (χ4n) is 1.96. The second-order valence-electron chi connectivity index (χ2n) is 4.29.